The van der Waals surface area contributed by atoms with Crippen LogP contribution in [0.3, 0.4) is 0 Å². The average Bonchev–Trinajstić information content (AvgIpc) is 3.71. The van der Waals surface area contributed by atoms with E-state index >= 15 is 0 Å². The number of nitriles is 1. The number of aromatic nitrogens is 4. The Labute approximate surface area is 244 Å². The Bertz CT molecular complexity index is 1460. The molecule has 0 spiro atoms. The SMILES string of the molecule is CNC(=O)c1ccc2c(c1)CCc1cc(C(=O)NC)ccc1C2(C[C@H](C)NCC(=O)N1CCC[C@H]1C#N)c1nnn[nH]1. The highest BCUT2D eigenvalue weighted by Gasteiger charge is 2.45. The molecule has 2 aliphatic rings. The maximum absolute atomic E-state index is 13.0. The number of H-pyrrole nitrogens is 1. The number of nitrogens with one attached hydrogen (secondary N) is 4. The van der Waals surface area contributed by atoms with Gasteiger partial charge in [-0.3, -0.25) is 14.4 Å². The summed E-state index contributed by atoms with van der Waals surface area (Å²) in [6, 6.07) is 13.0. The van der Waals surface area contributed by atoms with Gasteiger partial charge in [-0.25, -0.2) is 5.10 Å². The van der Waals surface area contributed by atoms with Crippen LogP contribution in [0.4, 0.5) is 0 Å². The van der Waals surface area contributed by atoms with Crippen LogP contribution in [0.25, 0.3) is 0 Å². The van der Waals surface area contributed by atoms with Gasteiger partial charge in [0.05, 0.1) is 18.0 Å². The lowest BCUT2D eigenvalue weighted by atomic mass is 9.67. The molecule has 2 aromatic carbocycles. The highest BCUT2D eigenvalue weighted by Crippen LogP contribution is 2.47. The number of aromatic amines is 1. The van der Waals surface area contributed by atoms with Gasteiger partial charge in [-0.2, -0.15) is 5.26 Å². The molecule has 1 fully saturated rings. The second-order valence-electron chi connectivity index (χ2n) is 10.9. The lowest BCUT2D eigenvalue weighted by molar-refractivity contribution is -0.130. The third-order valence-corrected chi connectivity index (χ3v) is 8.46. The first-order valence-electron chi connectivity index (χ1n) is 14.2. The minimum atomic E-state index is -0.884. The van der Waals surface area contributed by atoms with Gasteiger partial charge < -0.3 is 20.9 Å². The predicted molar refractivity (Wildman–Crippen MR) is 154 cm³/mol. The molecule has 218 valence electrons. The molecule has 5 rings (SSSR count). The van der Waals surface area contributed by atoms with E-state index in [9.17, 15) is 19.6 Å². The summed E-state index contributed by atoms with van der Waals surface area (Å²) in [7, 11) is 3.20. The van der Waals surface area contributed by atoms with Gasteiger partial charge in [0.1, 0.15) is 6.04 Å². The molecule has 1 aliphatic heterocycles. The van der Waals surface area contributed by atoms with Crippen molar-refractivity contribution in [2.75, 3.05) is 27.2 Å². The number of carbonyl (C=O) groups excluding carboxylic acids is 3. The van der Waals surface area contributed by atoms with E-state index in [1.54, 1.807) is 31.1 Å². The fourth-order valence-electron chi connectivity index (χ4n) is 6.42. The van der Waals surface area contributed by atoms with Crippen molar-refractivity contribution >= 4 is 17.7 Å². The van der Waals surface area contributed by atoms with Gasteiger partial charge in [-0.1, -0.05) is 12.1 Å². The average molecular weight is 570 g/mol. The summed E-state index contributed by atoms with van der Waals surface area (Å²) in [5.74, 6) is 0.0591. The first-order chi connectivity index (χ1) is 20.3. The minimum absolute atomic E-state index is 0.0923. The normalized spacial score (nSPS) is 17.8. The van der Waals surface area contributed by atoms with E-state index in [0.717, 1.165) is 28.7 Å². The number of amides is 3. The molecule has 3 amide bonds. The number of aryl methyl sites for hydroxylation is 2. The van der Waals surface area contributed by atoms with E-state index in [1.165, 1.54) is 0 Å². The van der Waals surface area contributed by atoms with E-state index in [0.29, 0.717) is 49.2 Å². The van der Waals surface area contributed by atoms with E-state index < -0.39 is 5.41 Å². The Hall–Kier alpha value is -4.63. The molecular formula is C30H35N9O3. The van der Waals surface area contributed by atoms with Crippen LogP contribution in [-0.2, 0) is 23.1 Å². The second kappa shape index (κ2) is 12.1. The van der Waals surface area contributed by atoms with Crippen molar-refractivity contribution in [1.82, 2.24) is 41.5 Å². The number of nitrogens with zero attached hydrogens (tertiary/aromatic N) is 5. The third kappa shape index (κ3) is 5.23. The number of rotatable bonds is 8. The van der Waals surface area contributed by atoms with Gasteiger partial charge in [0.25, 0.3) is 11.8 Å². The zero-order chi connectivity index (χ0) is 29.9. The number of tetrazole rings is 1. The van der Waals surface area contributed by atoms with Crippen LogP contribution in [-0.4, -0.2) is 82.5 Å². The summed E-state index contributed by atoms with van der Waals surface area (Å²) in [6.45, 7) is 2.69. The Kier molecular flexibility index (Phi) is 8.31. The summed E-state index contributed by atoms with van der Waals surface area (Å²) in [5.41, 5.74) is 4.06. The number of hydrogen-bond acceptors (Lipinski definition) is 8. The van der Waals surface area contributed by atoms with Crippen LogP contribution < -0.4 is 16.0 Å². The molecule has 2 atom stereocenters. The van der Waals surface area contributed by atoms with Crippen molar-refractivity contribution in [3.63, 3.8) is 0 Å². The first-order valence-corrected chi connectivity index (χ1v) is 14.2. The second-order valence-corrected chi connectivity index (χ2v) is 10.9. The van der Waals surface area contributed by atoms with E-state index in [1.807, 2.05) is 31.2 Å². The zero-order valence-corrected chi connectivity index (χ0v) is 24.0. The van der Waals surface area contributed by atoms with Crippen LogP contribution in [0, 0.1) is 11.3 Å². The zero-order valence-electron chi connectivity index (χ0n) is 24.0. The van der Waals surface area contributed by atoms with Crippen molar-refractivity contribution in [3.8, 4) is 6.07 Å². The molecule has 4 N–H and O–H groups in total. The lowest BCUT2D eigenvalue weighted by Crippen LogP contribution is -2.45. The molecule has 0 bridgehead atoms. The van der Waals surface area contributed by atoms with Crippen LogP contribution >= 0.6 is 0 Å². The van der Waals surface area contributed by atoms with E-state index in [-0.39, 0.29) is 36.3 Å². The van der Waals surface area contributed by atoms with Gasteiger partial charge >= 0.3 is 0 Å². The van der Waals surface area contributed by atoms with Gasteiger partial charge in [0.15, 0.2) is 5.82 Å². The highest BCUT2D eigenvalue weighted by molar-refractivity contribution is 5.95. The van der Waals surface area contributed by atoms with Gasteiger partial charge in [0.2, 0.25) is 5.91 Å². The minimum Gasteiger partial charge on any atom is -0.355 e. The molecule has 0 unspecified atom stereocenters. The van der Waals surface area contributed by atoms with Crippen LogP contribution in [0.15, 0.2) is 36.4 Å². The molecule has 1 saturated heterocycles. The molecule has 2 heterocycles. The fourth-order valence-corrected chi connectivity index (χ4v) is 6.42. The van der Waals surface area contributed by atoms with Crippen molar-refractivity contribution in [2.45, 2.75) is 56.5 Å². The molecule has 12 heteroatoms. The maximum Gasteiger partial charge on any atom is 0.251 e. The lowest BCUT2D eigenvalue weighted by Gasteiger charge is -2.37. The van der Waals surface area contributed by atoms with Crippen LogP contribution in [0.2, 0.25) is 0 Å². The van der Waals surface area contributed by atoms with Crippen molar-refractivity contribution in [1.29, 1.82) is 5.26 Å². The number of fused-ring (bicyclic) bond motifs is 2. The van der Waals surface area contributed by atoms with Gasteiger partial charge in [-0.05, 0) is 96.0 Å². The van der Waals surface area contributed by atoms with E-state index in [2.05, 4.69) is 42.6 Å². The Balaban J connectivity index is 1.59. The molecule has 0 saturated carbocycles. The summed E-state index contributed by atoms with van der Waals surface area (Å²) >= 11 is 0. The maximum atomic E-state index is 13.0. The topological polar surface area (TPSA) is 169 Å². The van der Waals surface area contributed by atoms with E-state index in [4.69, 9.17) is 0 Å². The number of likely N-dealkylation sites (tertiary alicyclic amines) is 1. The Morgan fingerprint density at radius 2 is 1.69 bits per heavy atom. The number of benzene rings is 2. The van der Waals surface area contributed by atoms with Crippen LogP contribution in [0.1, 0.15) is 75.0 Å². The fraction of sp³-hybridized carbons (Fsp3) is 0.433. The summed E-state index contributed by atoms with van der Waals surface area (Å²) < 4.78 is 0. The molecular weight excluding hydrogens is 534 g/mol. The quantitative estimate of drug-likeness (QED) is 0.314. The number of hydrogen-bond donors (Lipinski definition) is 4. The molecule has 42 heavy (non-hydrogen) atoms. The Morgan fingerprint density at radius 1 is 1.07 bits per heavy atom. The first kappa shape index (κ1) is 28.9. The molecule has 1 aromatic heterocycles. The summed E-state index contributed by atoms with van der Waals surface area (Å²) in [6.07, 6.45) is 3.27. The summed E-state index contributed by atoms with van der Waals surface area (Å²) in [4.78, 5) is 39.8. The van der Waals surface area contributed by atoms with Crippen molar-refractivity contribution < 1.29 is 14.4 Å². The predicted octanol–water partition coefficient (Wildman–Crippen LogP) is 1.23. The smallest absolute Gasteiger partial charge is 0.251 e. The van der Waals surface area contributed by atoms with Crippen molar-refractivity contribution in [3.05, 3.63) is 75.6 Å². The van der Waals surface area contributed by atoms with Crippen molar-refractivity contribution in [2.24, 2.45) is 0 Å². The number of carbonyl (C=O) groups is 3. The highest BCUT2D eigenvalue weighted by atomic mass is 16.2. The summed E-state index contributed by atoms with van der Waals surface area (Å²) in [5, 5.41) is 33.5. The monoisotopic (exact) mass is 569 g/mol. The standard InChI is InChI=1S/C30H35N9O3/c1-18(34-17-26(40)39-12-4-5-23(39)16-31)15-30(29-35-37-38-36-29)24-10-8-21(27(41)32-2)13-19(24)6-7-20-14-22(28(42)33-3)9-11-25(20)30/h8-11,13-14,18,23,34H,4-7,12,15,17H2,1-3H3,(H,32,41)(H,33,42)(H,35,36,37,38)/t18-,23-/m0/s1. The molecule has 3 aromatic rings. The molecule has 1 aliphatic carbocycles. The van der Waals surface area contributed by atoms with Crippen LogP contribution in [0.5, 0.6) is 0 Å². The van der Waals surface area contributed by atoms with Gasteiger partial charge in [-0.15, -0.1) is 5.10 Å². The largest absolute Gasteiger partial charge is 0.355 e. The molecule has 0 radical (unpaired) electrons. The molecule has 12 nitrogen and oxygen atoms in total. The Morgan fingerprint density at radius 3 is 2.21 bits per heavy atom. The van der Waals surface area contributed by atoms with Gasteiger partial charge in [0, 0.05) is 37.8 Å². The third-order valence-electron chi connectivity index (χ3n) is 8.46.